The Balaban J connectivity index is 1.53. The maximum Gasteiger partial charge on any atom is 0.243 e. The number of anilines is 1. The second kappa shape index (κ2) is 9.15. The summed E-state index contributed by atoms with van der Waals surface area (Å²) in [5, 5.41) is 0. The van der Waals surface area contributed by atoms with E-state index in [1.165, 1.54) is 10.6 Å². The van der Waals surface area contributed by atoms with Crippen LogP contribution >= 0.6 is 0 Å². The van der Waals surface area contributed by atoms with Crippen molar-refractivity contribution in [1.82, 2.24) is 4.31 Å². The van der Waals surface area contributed by atoms with E-state index in [4.69, 9.17) is 9.15 Å². The van der Waals surface area contributed by atoms with Crippen LogP contribution in [-0.4, -0.2) is 32.3 Å². The number of fused-ring (bicyclic) bond motifs is 2. The Morgan fingerprint density at radius 1 is 1.03 bits per heavy atom. The van der Waals surface area contributed by atoms with E-state index in [2.05, 4.69) is 0 Å². The molecule has 2 aliphatic rings. The van der Waals surface area contributed by atoms with Crippen LogP contribution in [0, 0.1) is 6.92 Å². The second-order valence-electron chi connectivity index (χ2n) is 9.87. The summed E-state index contributed by atoms with van der Waals surface area (Å²) in [6.07, 6.45) is 3.40. The van der Waals surface area contributed by atoms with Gasteiger partial charge in [-0.05, 0) is 60.9 Å². The van der Waals surface area contributed by atoms with Crippen LogP contribution in [0.25, 0.3) is 0 Å². The average molecular weight is 529 g/mol. The molecule has 4 aromatic rings. The lowest BCUT2D eigenvalue weighted by molar-refractivity contribution is -0.124. The molecule has 0 bridgehead atoms. The number of hydrogen-bond acceptors (Lipinski definition) is 5. The number of sulfonamides is 1. The minimum atomic E-state index is -3.92. The number of ether oxygens (including phenoxy) is 1. The largest absolute Gasteiger partial charge is 0.497 e. The fourth-order valence-corrected chi connectivity index (χ4v) is 7.57. The standard InChI is InChI=1S/C30H28N2O5S/c1-21-8-11-25(12-9-21)38(34,35)32-16-15-30(28(32)23-14-17-37-20-23)26-18-24(36-2)10-13-27(26)31(29(30)33)19-22-6-4-3-5-7-22/h3-14,17-18,20,28H,15-16,19H2,1-2H3. The van der Waals surface area contributed by atoms with Crippen molar-refractivity contribution in [3.05, 3.63) is 114 Å². The zero-order valence-electron chi connectivity index (χ0n) is 21.2. The molecule has 2 unspecified atom stereocenters. The molecule has 38 heavy (non-hydrogen) atoms. The molecule has 7 nitrogen and oxygen atoms in total. The van der Waals surface area contributed by atoms with E-state index >= 15 is 0 Å². The molecule has 0 saturated carbocycles. The van der Waals surface area contributed by atoms with Crippen LogP contribution in [0.4, 0.5) is 5.69 Å². The molecular weight excluding hydrogens is 500 g/mol. The van der Waals surface area contributed by atoms with Crippen LogP contribution in [0.15, 0.2) is 101 Å². The third-order valence-corrected chi connectivity index (χ3v) is 9.63. The number of aryl methyl sites for hydroxylation is 1. The molecule has 3 heterocycles. The first-order valence-electron chi connectivity index (χ1n) is 12.5. The highest BCUT2D eigenvalue weighted by molar-refractivity contribution is 7.89. The predicted molar refractivity (Wildman–Crippen MR) is 143 cm³/mol. The number of hydrogen-bond donors (Lipinski definition) is 0. The maximum atomic E-state index is 14.6. The number of rotatable bonds is 6. The Bertz CT molecular complexity index is 1580. The van der Waals surface area contributed by atoms with E-state index in [1.807, 2.05) is 55.5 Å². The van der Waals surface area contributed by atoms with Gasteiger partial charge in [-0.1, -0.05) is 48.0 Å². The van der Waals surface area contributed by atoms with Gasteiger partial charge in [0.25, 0.3) is 0 Å². The first-order valence-corrected chi connectivity index (χ1v) is 14.0. The number of benzene rings is 3. The van der Waals surface area contributed by atoms with Crippen molar-refractivity contribution in [2.75, 3.05) is 18.6 Å². The highest BCUT2D eigenvalue weighted by atomic mass is 32.2. The van der Waals surface area contributed by atoms with Crippen LogP contribution in [0.3, 0.4) is 0 Å². The molecule has 194 valence electrons. The quantitative estimate of drug-likeness (QED) is 0.343. The molecule has 6 rings (SSSR count). The highest BCUT2D eigenvalue weighted by Crippen LogP contribution is 2.58. The van der Waals surface area contributed by atoms with Crippen LogP contribution in [0.2, 0.25) is 0 Å². The number of methoxy groups -OCH3 is 1. The van der Waals surface area contributed by atoms with Crippen molar-refractivity contribution < 1.29 is 22.4 Å². The number of nitrogens with zero attached hydrogens (tertiary/aromatic N) is 2. The molecule has 1 fully saturated rings. The SMILES string of the molecule is COc1ccc2c(c1)C1(CCN(S(=O)(=O)c3ccc(C)cc3)C1c1ccoc1)C(=O)N2Cc1ccccc1. The van der Waals surface area contributed by atoms with Crippen LogP contribution in [0.5, 0.6) is 5.75 Å². The molecule has 1 amide bonds. The predicted octanol–water partition coefficient (Wildman–Crippen LogP) is 5.22. The zero-order valence-corrected chi connectivity index (χ0v) is 22.0. The van der Waals surface area contributed by atoms with Gasteiger partial charge in [-0.3, -0.25) is 4.79 Å². The van der Waals surface area contributed by atoms with E-state index in [0.29, 0.717) is 24.3 Å². The molecule has 0 aliphatic carbocycles. The van der Waals surface area contributed by atoms with Crippen molar-refractivity contribution in [2.45, 2.75) is 36.2 Å². The smallest absolute Gasteiger partial charge is 0.243 e. The van der Waals surface area contributed by atoms with Gasteiger partial charge in [-0.15, -0.1) is 0 Å². The summed E-state index contributed by atoms with van der Waals surface area (Å²) in [6.45, 7) is 2.48. The summed E-state index contributed by atoms with van der Waals surface area (Å²) in [4.78, 5) is 16.6. The topological polar surface area (TPSA) is 80.1 Å². The molecule has 8 heteroatoms. The number of amides is 1. The van der Waals surface area contributed by atoms with Gasteiger partial charge in [-0.25, -0.2) is 8.42 Å². The van der Waals surface area contributed by atoms with Gasteiger partial charge in [-0.2, -0.15) is 4.31 Å². The average Bonchev–Trinajstić information content (AvgIpc) is 3.65. The lowest BCUT2D eigenvalue weighted by atomic mass is 9.73. The molecule has 0 radical (unpaired) electrons. The maximum absolute atomic E-state index is 14.6. The molecule has 3 aromatic carbocycles. The van der Waals surface area contributed by atoms with Crippen LogP contribution in [-0.2, 0) is 26.8 Å². The van der Waals surface area contributed by atoms with Gasteiger partial charge in [0.05, 0.1) is 42.5 Å². The Labute approximate surface area is 222 Å². The van der Waals surface area contributed by atoms with E-state index in [9.17, 15) is 13.2 Å². The van der Waals surface area contributed by atoms with Crippen molar-refractivity contribution >= 4 is 21.6 Å². The number of furan rings is 1. The Kier molecular flexibility index (Phi) is 5.89. The van der Waals surface area contributed by atoms with Crippen molar-refractivity contribution in [1.29, 1.82) is 0 Å². The highest BCUT2D eigenvalue weighted by Gasteiger charge is 2.63. The Morgan fingerprint density at radius 2 is 1.79 bits per heavy atom. The third-order valence-electron chi connectivity index (χ3n) is 7.75. The van der Waals surface area contributed by atoms with Gasteiger partial charge >= 0.3 is 0 Å². The Morgan fingerprint density at radius 3 is 2.47 bits per heavy atom. The first kappa shape index (κ1) is 24.5. The van der Waals surface area contributed by atoms with Gasteiger partial charge in [0.1, 0.15) is 5.75 Å². The van der Waals surface area contributed by atoms with E-state index in [1.54, 1.807) is 48.6 Å². The fourth-order valence-electron chi connectivity index (χ4n) is 5.91. The summed E-state index contributed by atoms with van der Waals surface area (Å²) in [7, 11) is -2.34. The zero-order chi connectivity index (χ0) is 26.5. The number of carbonyl (C=O) groups excluding carboxylic acids is 1. The molecule has 1 aromatic heterocycles. The summed E-state index contributed by atoms with van der Waals surface area (Å²) in [5.74, 6) is 0.487. The van der Waals surface area contributed by atoms with Gasteiger partial charge in [0.15, 0.2) is 0 Å². The lowest BCUT2D eigenvalue weighted by Gasteiger charge is -2.33. The van der Waals surface area contributed by atoms with E-state index in [-0.39, 0.29) is 17.3 Å². The summed E-state index contributed by atoms with van der Waals surface area (Å²) < 4.78 is 40.6. The third kappa shape index (κ3) is 3.67. The molecule has 2 aliphatic heterocycles. The minimum Gasteiger partial charge on any atom is -0.497 e. The van der Waals surface area contributed by atoms with E-state index < -0.39 is 21.5 Å². The first-order chi connectivity index (χ1) is 18.4. The molecule has 0 N–H and O–H groups in total. The van der Waals surface area contributed by atoms with Gasteiger partial charge in [0, 0.05) is 17.8 Å². The Hall–Kier alpha value is -3.88. The van der Waals surface area contributed by atoms with Gasteiger partial charge < -0.3 is 14.1 Å². The van der Waals surface area contributed by atoms with Gasteiger partial charge in [0.2, 0.25) is 15.9 Å². The summed E-state index contributed by atoms with van der Waals surface area (Å²) in [6, 6.07) is 23.2. The minimum absolute atomic E-state index is 0.127. The van der Waals surface area contributed by atoms with Crippen molar-refractivity contribution in [3.8, 4) is 5.75 Å². The molecule has 1 saturated heterocycles. The van der Waals surface area contributed by atoms with E-state index in [0.717, 1.165) is 22.4 Å². The van der Waals surface area contributed by atoms with Crippen molar-refractivity contribution in [3.63, 3.8) is 0 Å². The second-order valence-corrected chi connectivity index (χ2v) is 11.8. The molecular formula is C30H28N2O5S. The van der Waals surface area contributed by atoms with Crippen LogP contribution < -0.4 is 9.64 Å². The normalized spacial score (nSPS) is 21.3. The number of carbonyl (C=O) groups is 1. The summed E-state index contributed by atoms with van der Waals surface area (Å²) >= 11 is 0. The fraction of sp³-hybridized carbons (Fsp3) is 0.233. The lowest BCUT2D eigenvalue weighted by Crippen LogP contribution is -2.45. The van der Waals surface area contributed by atoms with Crippen molar-refractivity contribution in [2.24, 2.45) is 0 Å². The van der Waals surface area contributed by atoms with Crippen LogP contribution in [0.1, 0.15) is 34.7 Å². The summed E-state index contributed by atoms with van der Waals surface area (Å²) in [5.41, 5.74) is 2.99. The monoisotopic (exact) mass is 528 g/mol. The molecule has 1 spiro atoms. The molecule has 2 atom stereocenters.